The van der Waals surface area contributed by atoms with Gasteiger partial charge in [0.1, 0.15) is 0 Å². The minimum Gasteiger partial charge on any atom is -0.478 e. The summed E-state index contributed by atoms with van der Waals surface area (Å²) in [6.45, 7) is 5.81. The molecular formula is C18H20FNO2. The lowest BCUT2D eigenvalue weighted by Gasteiger charge is -2.15. The Balaban J connectivity index is 1.98. The van der Waals surface area contributed by atoms with E-state index in [1.807, 2.05) is 24.3 Å². The molecule has 3 nitrogen and oxygen atoms in total. The molecule has 0 aliphatic carbocycles. The van der Waals surface area contributed by atoms with Crippen molar-refractivity contribution in [2.24, 2.45) is 0 Å². The number of carbonyl (C=O) groups is 1. The Hall–Kier alpha value is -2.36. The summed E-state index contributed by atoms with van der Waals surface area (Å²) in [5.74, 6) is -0.294. The third kappa shape index (κ3) is 4.07. The molecule has 0 aliphatic heterocycles. The van der Waals surface area contributed by atoms with Crippen LogP contribution < -0.4 is 10.1 Å². The fourth-order valence-corrected chi connectivity index (χ4v) is 1.98. The van der Waals surface area contributed by atoms with Gasteiger partial charge >= 0.3 is 0 Å². The Bertz CT molecular complexity index is 638. The molecule has 2 aromatic rings. The average Bonchev–Trinajstić information content (AvgIpc) is 2.50. The summed E-state index contributed by atoms with van der Waals surface area (Å²) in [4.78, 5) is 12.1. The fourth-order valence-electron chi connectivity index (χ4n) is 1.98. The molecule has 22 heavy (non-hydrogen) atoms. The molecule has 116 valence electrons. The van der Waals surface area contributed by atoms with Gasteiger partial charge in [-0.3, -0.25) is 4.79 Å². The van der Waals surface area contributed by atoms with Gasteiger partial charge < -0.3 is 10.1 Å². The quantitative estimate of drug-likeness (QED) is 0.891. The van der Waals surface area contributed by atoms with Crippen molar-refractivity contribution in [1.82, 2.24) is 0 Å². The molecule has 2 rings (SSSR count). The molecule has 0 aliphatic rings. The van der Waals surface area contributed by atoms with E-state index >= 15 is 0 Å². The molecule has 2 aromatic carbocycles. The predicted octanol–water partition coefficient (Wildman–Crippen LogP) is 4.36. The third-order valence-electron chi connectivity index (χ3n) is 3.35. The van der Waals surface area contributed by atoms with Gasteiger partial charge in [0, 0.05) is 5.69 Å². The zero-order chi connectivity index (χ0) is 16.1. The molecule has 1 unspecified atom stereocenters. The minimum atomic E-state index is -0.790. The molecule has 0 spiro atoms. The van der Waals surface area contributed by atoms with Crippen LogP contribution in [-0.4, -0.2) is 12.0 Å². The Morgan fingerprint density at radius 1 is 1.05 bits per heavy atom. The van der Waals surface area contributed by atoms with Crippen LogP contribution in [0.2, 0.25) is 0 Å². The van der Waals surface area contributed by atoms with Gasteiger partial charge in [0.15, 0.2) is 17.7 Å². The summed E-state index contributed by atoms with van der Waals surface area (Å²) < 4.78 is 18.9. The number of ether oxygens (including phenoxy) is 1. The van der Waals surface area contributed by atoms with Crippen LogP contribution in [0.1, 0.15) is 32.3 Å². The number of carbonyl (C=O) groups excluding carboxylic acids is 1. The lowest BCUT2D eigenvalue weighted by molar-refractivity contribution is -0.122. The SMILES string of the molecule is CC(Oc1ccccc1F)C(=O)Nc1ccc(C(C)C)cc1. The molecule has 0 bridgehead atoms. The molecule has 0 fully saturated rings. The van der Waals surface area contributed by atoms with Crippen molar-refractivity contribution in [1.29, 1.82) is 0 Å². The maximum atomic E-state index is 13.5. The molecular weight excluding hydrogens is 281 g/mol. The van der Waals surface area contributed by atoms with Crippen LogP contribution in [0.5, 0.6) is 5.75 Å². The monoisotopic (exact) mass is 301 g/mol. The normalized spacial score (nSPS) is 12.0. The van der Waals surface area contributed by atoms with E-state index < -0.39 is 11.9 Å². The van der Waals surface area contributed by atoms with Crippen LogP contribution in [0.15, 0.2) is 48.5 Å². The zero-order valence-electron chi connectivity index (χ0n) is 13.0. The first-order chi connectivity index (χ1) is 10.5. The van der Waals surface area contributed by atoms with Gasteiger partial charge in [-0.25, -0.2) is 4.39 Å². The molecule has 1 atom stereocenters. The highest BCUT2D eigenvalue weighted by Gasteiger charge is 2.16. The standard InChI is InChI=1S/C18H20FNO2/c1-12(2)14-8-10-15(11-9-14)20-18(21)13(3)22-17-7-5-4-6-16(17)19/h4-13H,1-3H3,(H,20,21). The van der Waals surface area contributed by atoms with Gasteiger partial charge in [-0.05, 0) is 42.7 Å². The third-order valence-corrected chi connectivity index (χ3v) is 3.35. The second-order valence-corrected chi connectivity index (χ2v) is 5.46. The molecule has 1 amide bonds. The van der Waals surface area contributed by atoms with Crippen LogP contribution in [0.3, 0.4) is 0 Å². The van der Waals surface area contributed by atoms with E-state index in [-0.39, 0.29) is 11.7 Å². The second kappa shape index (κ2) is 7.07. The van der Waals surface area contributed by atoms with Gasteiger partial charge in [0.25, 0.3) is 5.91 Å². The van der Waals surface area contributed by atoms with E-state index in [0.717, 1.165) is 0 Å². The molecule has 0 radical (unpaired) electrons. The number of hydrogen-bond acceptors (Lipinski definition) is 2. The number of nitrogens with one attached hydrogen (secondary N) is 1. The van der Waals surface area contributed by atoms with E-state index in [2.05, 4.69) is 19.2 Å². The summed E-state index contributed by atoms with van der Waals surface area (Å²) >= 11 is 0. The lowest BCUT2D eigenvalue weighted by atomic mass is 10.0. The highest BCUT2D eigenvalue weighted by molar-refractivity contribution is 5.94. The summed E-state index contributed by atoms with van der Waals surface area (Å²) in [5.41, 5.74) is 1.90. The van der Waals surface area contributed by atoms with Gasteiger partial charge in [0.2, 0.25) is 0 Å². The largest absolute Gasteiger partial charge is 0.478 e. The van der Waals surface area contributed by atoms with Crippen LogP contribution in [0.4, 0.5) is 10.1 Å². The first-order valence-corrected chi connectivity index (χ1v) is 7.29. The molecule has 1 N–H and O–H groups in total. The summed E-state index contributed by atoms with van der Waals surface area (Å²) in [7, 11) is 0. The summed E-state index contributed by atoms with van der Waals surface area (Å²) in [5, 5.41) is 2.76. The number of benzene rings is 2. The Labute approximate surface area is 130 Å². The first kappa shape index (κ1) is 16.0. The zero-order valence-corrected chi connectivity index (χ0v) is 13.0. The Kier molecular flexibility index (Phi) is 5.15. The van der Waals surface area contributed by atoms with Gasteiger partial charge in [-0.2, -0.15) is 0 Å². The second-order valence-electron chi connectivity index (χ2n) is 5.46. The topological polar surface area (TPSA) is 38.3 Å². The van der Waals surface area contributed by atoms with Gasteiger partial charge in [-0.15, -0.1) is 0 Å². The first-order valence-electron chi connectivity index (χ1n) is 7.29. The van der Waals surface area contributed by atoms with Crippen molar-refractivity contribution in [3.63, 3.8) is 0 Å². The van der Waals surface area contributed by atoms with Crippen molar-refractivity contribution >= 4 is 11.6 Å². The smallest absolute Gasteiger partial charge is 0.265 e. The number of halogens is 1. The predicted molar refractivity (Wildman–Crippen MR) is 85.7 cm³/mol. The molecule has 0 aromatic heterocycles. The molecule has 4 heteroatoms. The van der Waals surface area contributed by atoms with E-state index in [1.54, 1.807) is 19.1 Å². The molecule has 0 heterocycles. The van der Waals surface area contributed by atoms with Gasteiger partial charge in [-0.1, -0.05) is 38.1 Å². The van der Waals surface area contributed by atoms with Crippen LogP contribution in [-0.2, 0) is 4.79 Å². The average molecular weight is 301 g/mol. The number of hydrogen-bond donors (Lipinski definition) is 1. The van der Waals surface area contributed by atoms with E-state index in [1.165, 1.54) is 17.7 Å². The summed E-state index contributed by atoms with van der Waals surface area (Å²) in [6.07, 6.45) is -0.790. The number of amides is 1. The highest BCUT2D eigenvalue weighted by Crippen LogP contribution is 2.19. The molecule has 0 saturated heterocycles. The van der Waals surface area contributed by atoms with Gasteiger partial charge in [0.05, 0.1) is 0 Å². The Morgan fingerprint density at radius 2 is 1.68 bits per heavy atom. The minimum absolute atomic E-state index is 0.0697. The lowest BCUT2D eigenvalue weighted by Crippen LogP contribution is -2.30. The fraction of sp³-hybridized carbons (Fsp3) is 0.278. The highest BCUT2D eigenvalue weighted by atomic mass is 19.1. The maximum absolute atomic E-state index is 13.5. The van der Waals surface area contributed by atoms with Crippen molar-refractivity contribution in [2.75, 3.05) is 5.32 Å². The van der Waals surface area contributed by atoms with Crippen molar-refractivity contribution in [2.45, 2.75) is 32.8 Å². The maximum Gasteiger partial charge on any atom is 0.265 e. The number of anilines is 1. The van der Waals surface area contributed by atoms with Crippen molar-refractivity contribution in [3.05, 3.63) is 59.9 Å². The number of rotatable bonds is 5. The molecule has 0 saturated carbocycles. The number of para-hydroxylation sites is 1. The van der Waals surface area contributed by atoms with E-state index in [0.29, 0.717) is 11.6 Å². The Morgan fingerprint density at radius 3 is 2.27 bits per heavy atom. The van der Waals surface area contributed by atoms with Crippen LogP contribution in [0, 0.1) is 5.82 Å². The van der Waals surface area contributed by atoms with E-state index in [9.17, 15) is 9.18 Å². The van der Waals surface area contributed by atoms with E-state index in [4.69, 9.17) is 4.74 Å². The van der Waals surface area contributed by atoms with Crippen LogP contribution >= 0.6 is 0 Å². The van der Waals surface area contributed by atoms with Crippen LogP contribution in [0.25, 0.3) is 0 Å². The van der Waals surface area contributed by atoms with Crippen molar-refractivity contribution in [3.8, 4) is 5.75 Å². The van der Waals surface area contributed by atoms with Crippen molar-refractivity contribution < 1.29 is 13.9 Å². The summed E-state index contributed by atoms with van der Waals surface area (Å²) in [6, 6.07) is 13.7.